The lowest BCUT2D eigenvalue weighted by Gasteiger charge is -2.25. The molecule has 30 heavy (non-hydrogen) atoms. The van der Waals surface area contributed by atoms with Crippen LogP contribution in [0.4, 0.5) is 10.5 Å². The molecular formula is C23H26N2O5. The van der Waals surface area contributed by atoms with Crippen LogP contribution in [0.2, 0.25) is 0 Å². The summed E-state index contributed by atoms with van der Waals surface area (Å²) in [5, 5.41) is 24.6. The fourth-order valence-corrected chi connectivity index (χ4v) is 5.00. The molecule has 158 valence electrons. The van der Waals surface area contributed by atoms with Gasteiger partial charge in [-0.25, -0.2) is 4.79 Å². The largest absolute Gasteiger partial charge is 0.490 e. The molecule has 2 fully saturated rings. The number of carbonyl (C=O) groups excluding carboxylic acids is 1. The number of aliphatic hydroxyl groups is 2. The second kappa shape index (κ2) is 7.58. The number of cyclic esters (lactones) is 1. The lowest BCUT2D eigenvalue weighted by molar-refractivity contribution is 0.0178. The van der Waals surface area contributed by atoms with Crippen LogP contribution in [0.1, 0.15) is 30.1 Å². The fraction of sp³-hybridized carbons (Fsp3) is 0.435. The van der Waals surface area contributed by atoms with Crippen molar-refractivity contribution in [3.63, 3.8) is 0 Å². The summed E-state index contributed by atoms with van der Waals surface area (Å²) >= 11 is 0. The van der Waals surface area contributed by atoms with Crippen LogP contribution in [0.3, 0.4) is 0 Å². The number of hydrogen-bond donors (Lipinski definition) is 3. The van der Waals surface area contributed by atoms with Gasteiger partial charge in [-0.2, -0.15) is 0 Å². The Hall–Kier alpha value is -2.61. The Morgan fingerprint density at radius 3 is 2.90 bits per heavy atom. The van der Waals surface area contributed by atoms with Crippen LogP contribution < -0.4 is 10.1 Å². The minimum Gasteiger partial charge on any atom is -0.490 e. The van der Waals surface area contributed by atoms with E-state index in [1.165, 1.54) is 0 Å². The summed E-state index contributed by atoms with van der Waals surface area (Å²) in [5.41, 5.74) is 1.58. The Balaban J connectivity index is 1.19. The maximum absolute atomic E-state index is 11.3. The molecular weight excluding hydrogens is 384 g/mol. The smallest absolute Gasteiger partial charge is 0.411 e. The number of rotatable bonds is 5. The van der Waals surface area contributed by atoms with E-state index in [0.29, 0.717) is 19.5 Å². The van der Waals surface area contributed by atoms with Crippen molar-refractivity contribution in [2.75, 3.05) is 25.0 Å². The van der Waals surface area contributed by atoms with Gasteiger partial charge in [0.15, 0.2) is 0 Å². The molecule has 3 aliphatic rings. The zero-order valence-electron chi connectivity index (χ0n) is 16.7. The highest BCUT2D eigenvalue weighted by Crippen LogP contribution is 2.43. The van der Waals surface area contributed by atoms with Crippen molar-refractivity contribution in [2.24, 2.45) is 5.92 Å². The number of amides is 1. The Morgan fingerprint density at radius 2 is 2.10 bits per heavy atom. The maximum Gasteiger partial charge on any atom is 0.411 e. The number of fused-ring (bicyclic) bond motifs is 2. The predicted molar refractivity (Wildman–Crippen MR) is 110 cm³/mol. The number of aliphatic hydroxyl groups excluding tert-OH is 1. The molecule has 7 heteroatoms. The fourth-order valence-electron chi connectivity index (χ4n) is 5.00. The van der Waals surface area contributed by atoms with Gasteiger partial charge in [0.2, 0.25) is 0 Å². The van der Waals surface area contributed by atoms with Crippen LogP contribution >= 0.6 is 0 Å². The molecule has 4 atom stereocenters. The molecule has 1 saturated heterocycles. The monoisotopic (exact) mass is 410 g/mol. The number of benzene rings is 2. The molecule has 2 aromatic rings. The summed E-state index contributed by atoms with van der Waals surface area (Å²) in [7, 11) is 0. The zero-order chi connectivity index (χ0) is 20.7. The molecule has 0 spiro atoms. The lowest BCUT2D eigenvalue weighted by atomic mass is 9.95. The molecule has 3 N–H and O–H groups in total. The van der Waals surface area contributed by atoms with Crippen molar-refractivity contribution in [3.05, 3.63) is 59.7 Å². The van der Waals surface area contributed by atoms with Gasteiger partial charge < -0.3 is 19.7 Å². The molecule has 1 amide bonds. The van der Waals surface area contributed by atoms with E-state index in [4.69, 9.17) is 9.47 Å². The van der Waals surface area contributed by atoms with Crippen molar-refractivity contribution in [1.82, 2.24) is 4.90 Å². The molecule has 2 aliphatic heterocycles. The van der Waals surface area contributed by atoms with Gasteiger partial charge >= 0.3 is 6.09 Å². The normalized spacial score (nSPS) is 28.9. The van der Waals surface area contributed by atoms with E-state index in [0.717, 1.165) is 35.5 Å². The number of nitrogens with zero attached hydrogens (tertiary/aromatic N) is 1. The molecule has 0 unspecified atom stereocenters. The first kappa shape index (κ1) is 19.4. The summed E-state index contributed by atoms with van der Waals surface area (Å²) in [6.07, 6.45) is 0.308. The number of ether oxygens (including phenoxy) is 2. The quantitative estimate of drug-likeness (QED) is 0.702. The Labute approximate surface area is 175 Å². The van der Waals surface area contributed by atoms with Gasteiger partial charge in [-0.1, -0.05) is 24.3 Å². The van der Waals surface area contributed by atoms with Gasteiger partial charge in [0.05, 0.1) is 17.4 Å². The Morgan fingerprint density at radius 1 is 1.27 bits per heavy atom. The molecule has 1 aliphatic carbocycles. The third kappa shape index (κ3) is 3.76. The van der Waals surface area contributed by atoms with Gasteiger partial charge in [-0.3, -0.25) is 10.2 Å². The number of hydrogen-bond acceptors (Lipinski definition) is 6. The number of anilines is 1. The zero-order valence-corrected chi connectivity index (χ0v) is 16.7. The molecule has 7 nitrogen and oxygen atoms in total. The Bertz CT molecular complexity index is 936. The minimum absolute atomic E-state index is 0.0188. The van der Waals surface area contributed by atoms with Crippen LogP contribution in [-0.4, -0.2) is 52.5 Å². The summed E-state index contributed by atoms with van der Waals surface area (Å²) < 4.78 is 11.1. The van der Waals surface area contributed by atoms with Crippen molar-refractivity contribution in [3.8, 4) is 5.75 Å². The average Bonchev–Trinajstić information content (AvgIpc) is 3.18. The number of β-amino-alcohol motifs (C(OH)–C–C–N with tert-alkyl or cyclic N) is 2. The van der Waals surface area contributed by atoms with Crippen LogP contribution in [0.25, 0.3) is 0 Å². The van der Waals surface area contributed by atoms with Crippen LogP contribution in [0.5, 0.6) is 5.75 Å². The van der Waals surface area contributed by atoms with Gasteiger partial charge in [-0.15, -0.1) is 0 Å². The van der Waals surface area contributed by atoms with E-state index >= 15 is 0 Å². The highest BCUT2D eigenvalue weighted by atomic mass is 16.5. The molecule has 2 aromatic carbocycles. The molecule has 5 rings (SSSR count). The summed E-state index contributed by atoms with van der Waals surface area (Å²) in [6, 6.07) is 15.2. The third-order valence-corrected chi connectivity index (χ3v) is 6.45. The van der Waals surface area contributed by atoms with Gasteiger partial charge in [0, 0.05) is 37.5 Å². The number of para-hydroxylation sites is 1. The number of nitrogens with one attached hydrogen (secondary N) is 1. The van der Waals surface area contributed by atoms with Gasteiger partial charge in [-0.05, 0) is 36.2 Å². The summed E-state index contributed by atoms with van der Waals surface area (Å²) in [4.78, 5) is 13.4. The summed E-state index contributed by atoms with van der Waals surface area (Å²) in [5.74, 6) is 0.983. The Kier molecular flexibility index (Phi) is 4.89. The highest BCUT2D eigenvalue weighted by Gasteiger charge is 2.52. The van der Waals surface area contributed by atoms with E-state index in [1.54, 1.807) is 6.07 Å². The third-order valence-electron chi connectivity index (χ3n) is 6.45. The summed E-state index contributed by atoms with van der Waals surface area (Å²) in [6.45, 7) is 1.94. The first-order chi connectivity index (χ1) is 14.5. The van der Waals surface area contributed by atoms with E-state index in [1.807, 2.05) is 42.5 Å². The molecule has 0 bridgehead atoms. The first-order valence-electron chi connectivity index (χ1n) is 10.4. The molecule has 2 heterocycles. The van der Waals surface area contributed by atoms with Crippen LogP contribution in [-0.2, 0) is 11.3 Å². The van der Waals surface area contributed by atoms with Crippen molar-refractivity contribution in [2.45, 2.75) is 37.3 Å². The lowest BCUT2D eigenvalue weighted by Crippen LogP contribution is -2.36. The topological polar surface area (TPSA) is 91.3 Å². The number of likely N-dealkylation sites (tertiary alicyclic amines) is 1. The van der Waals surface area contributed by atoms with E-state index < -0.39 is 17.8 Å². The van der Waals surface area contributed by atoms with Crippen molar-refractivity contribution >= 4 is 11.8 Å². The van der Waals surface area contributed by atoms with E-state index in [-0.39, 0.29) is 18.6 Å². The first-order valence-corrected chi connectivity index (χ1v) is 10.4. The average molecular weight is 410 g/mol. The molecule has 0 radical (unpaired) electrons. The predicted octanol–water partition coefficient (Wildman–Crippen LogP) is 2.69. The second-order valence-electron chi connectivity index (χ2n) is 8.62. The standard InChI is InChI=1S/C23H26N2O5/c26-21(15-6-7-20-16(8-15)13-29-22(27)24-20)12-25-11-17-9-19(10-23(17,28)14-25)30-18-4-2-1-3-5-18/h1-8,17,19,21,26,28H,9-14H2,(H,24,27)/t17-,19+,21+,23-/m1/s1. The molecule has 1 saturated carbocycles. The van der Waals surface area contributed by atoms with E-state index in [2.05, 4.69) is 10.2 Å². The van der Waals surface area contributed by atoms with Crippen molar-refractivity contribution < 1.29 is 24.5 Å². The van der Waals surface area contributed by atoms with Crippen LogP contribution in [0, 0.1) is 5.92 Å². The van der Waals surface area contributed by atoms with Crippen molar-refractivity contribution in [1.29, 1.82) is 0 Å². The van der Waals surface area contributed by atoms with E-state index in [9.17, 15) is 15.0 Å². The van der Waals surface area contributed by atoms with Crippen LogP contribution in [0.15, 0.2) is 48.5 Å². The number of carbonyl (C=O) groups is 1. The SMILES string of the molecule is O=C1Nc2ccc([C@@H](O)CN3C[C@H]4C[C@H](Oc5ccccc5)C[C@@]4(O)C3)cc2CO1. The highest BCUT2D eigenvalue weighted by molar-refractivity contribution is 5.87. The minimum atomic E-state index is -0.771. The maximum atomic E-state index is 11.3. The van der Waals surface area contributed by atoms with Gasteiger partial charge in [0.25, 0.3) is 0 Å². The second-order valence-corrected chi connectivity index (χ2v) is 8.62. The van der Waals surface area contributed by atoms with Gasteiger partial charge in [0.1, 0.15) is 18.5 Å². The molecule has 0 aromatic heterocycles.